The Bertz CT molecular complexity index is 950. The largest absolute Gasteiger partial charge is 0.314 e. The number of aryl methyl sites for hydroxylation is 2. The van der Waals surface area contributed by atoms with E-state index in [2.05, 4.69) is 102 Å². The Balaban J connectivity index is 0.000000780. The number of carbonyl (C=O) groups excluding carboxylic acids is 1. The number of allylic oxidation sites excluding steroid dienone is 2. The quantitative estimate of drug-likeness (QED) is 0.211. The van der Waals surface area contributed by atoms with E-state index in [4.69, 9.17) is 0 Å². The molecule has 0 saturated carbocycles. The number of ketones is 1. The predicted octanol–water partition coefficient (Wildman–Crippen LogP) is 10.4. The molecule has 0 saturated heterocycles. The van der Waals surface area contributed by atoms with Gasteiger partial charge in [-0.2, -0.15) is 0 Å². The molecule has 2 unspecified atom stereocenters. The summed E-state index contributed by atoms with van der Waals surface area (Å²) in [6, 6.07) is 17.6. The molecule has 2 rings (SSSR count). The Morgan fingerprint density at radius 3 is 1.74 bits per heavy atom. The molecule has 2 nitrogen and oxygen atoms in total. The van der Waals surface area contributed by atoms with Crippen LogP contribution < -0.4 is 5.32 Å². The highest BCUT2D eigenvalue weighted by Gasteiger charge is 2.15. The highest BCUT2D eigenvalue weighted by molar-refractivity contribution is 6.05. The van der Waals surface area contributed by atoms with Gasteiger partial charge in [0.05, 0.1) is 0 Å². The van der Waals surface area contributed by atoms with E-state index in [0.717, 1.165) is 24.8 Å². The molecule has 0 aliphatic heterocycles. The summed E-state index contributed by atoms with van der Waals surface area (Å²) in [5, 5.41) is 3.34. The first-order chi connectivity index (χ1) is 18.2. The molecule has 2 aromatic carbocycles. The van der Waals surface area contributed by atoms with Crippen molar-refractivity contribution in [1.29, 1.82) is 0 Å². The van der Waals surface area contributed by atoms with Crippen LogP contribution in [0.5, 0.6) is 0 Å². The second-order valence-electron chi connectivity index (χ2n) is 10.2. The lowest BCUT2D eigenvalue weighted by Gasteiger charge is -2.20. The maximum absolute atomic E-state index is 11.4. The minimum Gasteiger partial charge on any atom is -0.314 e. The number of hydrogen-bond donors (Lipinski definition) is 1. The number of rotatable bonds is 13. The second-order valence-corrected chi connectivity index (χ2v) is 10.2. The molecule has 0 aliphatic carbocycles. The van der Waals surface area contributed by atoms with Crippen molar-refractivity contribution >= 4 is 16.9 Å². The molecule has 0 radical (unpaired) electrons. The van der Waals surface area contributed by atoms with E-state index in [1.54, 1.807) is 0 Å². The van der Waals surface area contributed by atoms with Gasteiger partial charge in [-0.05, 0) is 75.4 Å². The topological polar surface area (TPSA) is 29.1 Å². The van der Waals surface area contributed by atoms with Crippen LogP contribution in [-0.2, 0) is 4.79 Å². The van der Waals surface area contributed by atoms with Gasteiger partial charge in [0.1, 0.15) is 5.78 Å². The van der Waals surface area contributed by atoms with Gasteiger partial charge in [-0.1, -0.05) is 127 Å². The molecule has 2 heteroatoms. The fraction of sp³-hybridized carbons (Fsp3) is 0.528. The van der Waals surface area contributed by atoms with E-state index >= 15 is 0 Å². The van der Waals surface area contributed by atoms with E-state index in [1.807, 2.05) is 27.8 Å². The summed E-state index contributed by atoms with van der Waals surface area (Å²) < 4.78 is 0. The first kappa shape index (κ1) is 35.5. The van der Waals surface area contributed by atoms with Crippen molar-refractivity contribution in [3.05, 3.63) is 82.9 Å². The Kier molecular flexibility index (Phi) is 19.2. The highest BCUT2D eigenvalue weighted by Crippen LogP contribution is 2.34. The van der Waals surface area contributed by atoms with Gasteiger partial charge in [-0.25, -0.2) is 0 Å². The van der Waals surface area contributed by atoms with Crippen LogP contribution in [-0.4, -0.2) is 18.9 Å². The van der Waals surface area contributed by atoms with Crippen molar-refractivity contribution in [2.45, 2.75) is 113 Å². The standard InChI is InChI=1S/C22H27N.C12H24O.C2H6/c1-15-7-11-20(12-8-15)18(4)22(17(3)19(5)23-6)21-13-9-16(2)10-14-21;1-4-6-7-8-9-10-12(13)11(3)5-2;1-2/h7-14,19,23H,4H2,1-3,5-6H3;11H,4-10H2,1-3H3;1-2H3/b22-17+;;. The van der Waals surface area contributed by atoms with Gasteiger partial charge in [-0.3, -0.25) is 4.79 Å². The van der Waals surface area contributed by atoms with Crippen molar-refractivity contribution in [2.24, 2.45) is 5.92 Å². The van der Waals surface area contributed by atoms with Crippen molar-refractivity contribution in [3.63, 3.8) is 0 Å². The van der Waals surface area contributed by atoms with E-state index in [9.17, 15) is 4.79 Å². The van der Waals surface area contributed by atoms with E-state index in [1.165, 1.54) is 59.1 Å². The molecule has 0 aromatic heterocycles. The van der Waals surface area contributed by atoms with Crippen LogP contribution in [0.1, 0.15) is 116 Å². The lowest BCUT2D eigenvalue weighted by Crippen LogP contribution is -2.23. The molecule has 0 fully saturated rings. The molecule has 38 heavy (non-hydrogen) atoms. The first-order valence-corrected chi connectivity index (χ1v) is 14.9. The number of hydrogen-bond acceptors (Lipinski definition) is 2. The number of benzene rings is 2. The third-order valence-electron chi connectivity index (χ3n) is 7.21. The predicted molar refractivity (Wildman–Crippen MR) is 172 cm³/mol. The van der Waals surface area contributed by atoms with Gasteiger partial charge < -0.3 is 5.32 Å². The van der Waals surface area contributed by atoms with Gasteiger partial charge in [0.2, 0.25) is 0 Å². The Hall–Kier alpha value is -2.45. The SMILES string of the molecule is C=C(/C(=C(/C)C(C)NC)c1ccc(C)cc1)c1ccc(C)cc1.CC.CCCCCCCC(=O)C(C)CC. The van der Waals surface area contributed by atoms with E-state index in [-0.39, 0.29) is 5.92 Å². The highest BCUT2D eigenvalue weighted by atomic mass is 16.1. The second kappa shape index (κ2) is 20.5. The number of Topliss-reactive ketones (excluding diaryl/α,β-unsaturated/α-hetero) is 1. The Morgan fingerprint density at radius 2 is 1.29 bits per heavy atom. The summed E-state index contributed by atoms with van der Waals surface area (Å²) in [6.45, 7) is 23.3. The fourth-order valence-corrected chi connectivity index (χ4v) is 4.07. The molecular formula is C36H57NO. The smallest absolute Gasteiger partial charge is 0.135 e. The molecule has 0 heterocycles. The molecule has 0 amide bonds. The van der Waals surface area contributed by atoms with Gasteiger partial charge in [0.15, 0.2) is 0 Å². The van der Waals surface area contributed by atoms with Crippen LogP contribution in [0.4, 0.5) is 0 Å². The monoisotopic (exact) mass is 519 g/mol. The molecule has 0 bridgehead atoms. The minimum absolute atomic E-state index is 0.283. The average Bonchev–Trinajstić information content (AvgIpc) is 2.94. The van der Waals surface area contributed by atoms with Gasteiger partial charge in [0.25, 0.3) is 0 Å². The van der Waals surface area contributed by atoms with Crippen LogP contribution >= 0.6 is 0 Å². The van der Waals surface area contributed by atoms with Crippen molar-refractivity contribution in [2.75, 3.05) is 7.05 Å². The number of nitrogens with one attached hydrogen (secondary N) is 1. The zero-order valence-electron chi connectivity index (χ0n) is 26.3. The summed E-state index contributed by atoms with van der Waals surface area (Å²) in [6.07, 6.45) is 8.02. The summed E-state index contributed by atoms with van der Waals surface area (Å²) >= 11 is 0. The zero-order valence-corrected chi connectivity index (χ0v) is 26.3. The third-order valence-corrected chi connectivity index (χ3v) is 7.21. The fourth-order valence-electron chi connectivity index (χ4n) is 4.07. The lowest BCUT2D eigenvalue weighted by molar-refractivity contribution is -0.122. The number of unbranched alkanes of at least 4 members (excludes halogenated alkanes) is 4. The maximum Gasteiger partial charge on any atom is 0.135 e. The van der Waals surface area contributed by atoms with Gasteiger partial charge in [0, 0.05) is 18.4 Å². The number of carbonyl (C=O) groups is 1. The lowest BCUT2D eigenvalue weighted by atomic mass is 9.87. The third kappa shape index (κ3) is 12.9. The van der Waals surface area contributed by atoms with E-state index in [0.29, 0.717) is 11.8 Å². The van der Waals surface area contributed by atoms with Gasteiger partial charge in [-0.15, -0.1) is 0 Å². The summed E-state index contributed by atoms with van der Waals surface area (Å²) in [7, 11) is 2.00. The van der Waals surface area contributed by atoms with Crippen LogP contribution in [0.2, 0.25) is 0 Å². The molecule has 0 spiro atoms. The molecule has 1 N–H and O–H groups in total. The Morgan fingerprint density at radius 1 is 0.816 bits per heavy atom. The van der Waals surface area contributed by atoms with E-state index < -0.39 is 0 Å². The average molecular weight is 520 g/mol. The molecule has 0 aliphatic rings. The zero-order chi connectivity index (χ0) is 29.1. The van der Waals surface area contributed by atoms with Crippen LogP contribution in [0.25, 0.3) is 11.1 Å². The maximum atomic E-state index is 11.4. The molecule has 212 valence electrons. The normalized spacial score (nSPS) is 12.7. The van der Waals surface area contributed by atoms with Crippen LogP contribution in [0, 0.1) is 19.8 Å². The molecule has 2 aromatic rings. The van der Waals surface area contributed by atoms with Crippen molar-refractivity contribution in [1.82, 2.24) is 5.32 Å². The van der Waals surface area contributed by atoms with Crippen molar-refractivity contribution < 1.29 is 4.79 Å². The summed E-state index contributed by atoms with van der Waals surface area (Å²) in [5.41, 5.74) is 8.55. The van der Waals surface area contributed by atoms with Crippen molar-refractivity contribution in [3.8, 4) is 0 Å². The molecular weight excluding hydrogens is 462 g/mol. The van der Waals surface area contributed by atoms with Gasteiger partial charge >= 0.3 is 0 Å². The molecule has 2 atom stereocenters. The first-order valence-electron chi connectivity index (χ1n) is 14.9. The summed E-state index contributed by atoms with van der Waals surface area (Å²) in [4.78, 5) is 11.4. The van der Waals surface area contributed by atoms with Crippen LogP contribution in [0.15, 0.2) is 60.7 Å². The summed E-state index contributed by atoms with van der Waals surface area (Å²) in [5.74, 6) is 0.741. The van der Waals surface area contributed by atoms with Crippen LogP contribution in [0.3, 0.4) is 0 Å². The minimum atomic E-state index is 0.283. The Labute approximate surface area is 236 Å². The number of likely N-dealkylation sites (N-methyl/N-ethyl adjacent to an activating group) is 1.